The van der Waals surface area contributed by atoms with Crippen LogP contribution in [0.15, 0.2) is 17.4 Å². The predicted octanol–water partition coefficient (Wildman–Crippen LogP) is 3.74. The zero-order valence-corrected chi connectivity index (χ0v) is 11.6. The van der Waals surface area contributed by atoms with E-state index in [1.807, 2.05) is 0 Å². The van der Waals surface area contributed by atoms with Gasteiger partial charge in [0, 0.05) is 21.3 Å². The SMILES string of the molecule is CCc1cc2c(SCCBr)ncnc2s1. The number of aromatic nitrogens is 2. The van der Waals surface area contributed by atoms with Gasteiger partial charge in [0.2, 0.25) is 0 Å². The fourth-order valence-electron chi connectivity index (χ4n) is 1.31. The molecule has 0 fully saturated rings. The van der Waals surface area contributed by atoms with Crippen LogP contribution < -0.4 is 0 Å². The van der Waals surface area contributed by atoms with E-state index in [1.165, 1.54) is 10.3 Å². The Hall–Kier alpha value is -0.130. The highest BCUT2D eigenvalue weighted by Crippen LogP contribution is 2.30. The van der Waals surface area contributed by atoms with E-state index in [-0.39, 0.29) is 0 Å². The van der Waals surface area contributed by atoms with E-state index < -0.39 is 0 Å². The van der Waals surface area contributed by atoms with Gasteiger partial charge in [-0.2, -0.15) is 0 Å². The molecule has 0 aromatic carbocycles. The number of thiophene rings is 1. The van der Waals surface area contributed by atoms with Gasteiger partial charge in [-0.05, 0) is 12.5 Å². The number of hydrogen-bond donors (Lipinski definition) is 0. The van der Waals surface area contributed by atoms with Crippen LogP contribution in [0.2, 0.25) is 0 Å². The topological polar surface area (TPSA) is 25.8 Å². The lowest BCUT2D eigenvalue weighted by Gasteiger charge is -1.98. The molecule has 0 aliphatic rings. The maximum Gasteiger partial charge on any atom is 0.128 e. The first-order valence-electron chi connectivity index (χ1n) is 4.77. The molecule has 2 rings (SSSR count). The molecule has 0 spiro atoms. The monoisotopic (exact) mass is 302 g/mol. The second kappa shape index (κ2) is 5.27. The second-order valence-electron chi connectivity index (χ2n) is 3.00. The van der Waals surface area contributed by atoms with Gasteiger partial charge in [0.15, 0.2) is 0 Å². The Labute approximate surface area is 106 Å². The molecule has 2 aromatic heterocycles. The number of halogens is 1. The van der Waals surface area contributed by atoms with Crippen LogP contribution in [0.25, 0.3) is 10.2 Å². The number of nitrogens with zero attached hydrogens (tertiary/aromatic N) is 2. The fourth-order valence-corrected chi connectivity index (χ4v) is 3.50. The summed E-state index contributed by atoms with van der Waals surface area (Å²) in [5, 5.41) is 3.31. The van der Waals surface area contributed by atoms with Gasteiger partial charge in [0.1, 0.15) is 16.2 Å². The molecular formula is C10H11BrN2S2. The van der Waals surface area contributed by atoms with Crippen LogP contribution >= 0.6 is 39.0 Å². The van der Waals surface area contributed by atoms with E-state index in [2.05, 4.69) is 38.9 Å². The van der Waals surface area contributed by atoms with Gasteiger partial charge in [0.05, 0.1) is 0 Å². The highest BCUT2D eigenvalue weighted by molar-refractivity contribution is 9.09. The molecule has 5 heteroatoms. The van der Waals surface area contributed by atoms with Gasteiger partial charge in [-0.25, -0.2) is 9.97 Å². The maximum atomic E-state index is 4.33. The first kappa shape index (κ1) is 11.4. The Morgan fingerprint density at radius 1 is 1.47 bits per heavy atom. The lowest BCUT2D eigenvalue weighted by atomic mass is 10.3. The quantitative estimate of drug-likeness (QED) is 0.489. The summed E-state index contributed by atoms with van der Waals surface area (Å²) in [6.45, 7) is 2.17. The molecule has 2 aromatic rings. The molecule has 0 amide bonds. The summed E-state index contributed by atoms with van der Waals surface area (Å²) in [6, 6.07) is 2.22. The number of fused-ring (bicyclic) bond motifs is 1. The average molecular weight is 303 g/mol. The molecule has 0 saturated carbocycles. The van der Waals surface area contributed by atoms with E-state index in [9.17, 15) is 0 Å². The van der Waals surface area contributed by atoms with Crippen LogP contribution in [0, 0.1) is 0 Å². The Bertz CT molecular complexity index is 456. The van der Waals surface area contributed by atoms with E-state index in [0.29, 0.717) is 0 Å². The van der Waals surface area contributed by atoms with Crippen molar-refractivity contribution in [2.75, 3.05) is 11.1 Å². The minimum absolute atomic E-state index is 0.994. The standard InChI is InChI=1S/C10H11BrN2S2/c1-2-7-5-8-9(14-4-3-11)12-6-13-10(8)15-7/h5-6H,2-4H2,1H3. The third-order valence-electron chi connectivity index (χ3n) is 2.01. The predicted molar refractivity (Wildman–Crippen MR) is 71.3 cm³/mol. The largest absolute Gasteiger partial charge is 0.229 e. The van der Waals surface area contributed by atoms with E-state index in [4.69, 9.17) is 0 Å². The number of hydrogen-bond acceptors (Lipinski definition) is 4. The van der Waals surface area contributed by atoms with Crippen LogP contribution in [0.3, 0.4) is 0 Å². The first-order valence-corrected chi connectivity index (χ1v) is 7.69. The molecule has 0 aliphatic heterocycles. The maximum absolute atomic E-state index is 4.33. The number of aryl methyl sites for hydroxylation is 1. The molecule has 0 unspecified atom stereocenters. The average Bonchev–Trinajstić information content (AvgIpc) is 2.69. The summed E-state index contributed by atoms with van der Waals surface area (Å²) in [4.78, 5) is 11.1. The van der Waals surface area contributed by atoms with Crippen LogP contribution in [0.4, 0.5) is 0 Å². The molecule has 0 atom stereocenters. The molecule has 0 aliphatic carbocycles. The van der Waals surface area contributed by atoms with Crippen LogP contribution in [-0.2, 0) is 6.42 Å². The molecule has 0 saturated heterocycles. The third-order valence-corrected chi connectivity index (χ3v) is 5.12. The number of rotatable bonds is 4. The van der Waals surface area contributed by atoms with Gasteiger partial charge in [0.25, 0.3) is 0 Å². The third kappa shape index (κ3) is 2.52. The van der Waals surface area contributed by atoms with Crippen molar-refractivity contribution < 1.29 is 0 Å². The highest BCUT2D eigenvalue weighted by Gasteiger charge is 2.07. The molecular weight excluding hydrogens is 292 g/mol. The van der Waals surface area contributed by atoms with E-state index in [0.717, 1.165) is 27.4 Å². The second-order valence-corrected chi connectivity index (χ2v) is 5.99. The Morgan fingerprint density at radius 3 is 3.07 bits per heavy atom. The summed E-state index contributed by atoms with van der Waals surface area (Å²) in [6.07, 6.45) is 2.73. The summed E-state index contributed by atoms with van der Waals surface area (Å²) in [5.41, 5.74) is 0. The van der Waals surface area contributed by atoms with Gasteiger partial charge in [-0.15, -0.1) is 23.1 Å². The van der Waals surface area contributed by atoms with Crippen molar-refractivity contribution in [2.45, 2.75) is 18.4 Å². The molecule has 15 heavy (non-hydrogen) atoms. The minimum Gasteiger partial charge on any atom is -0.229 e. The van der Waals surface area contributed by atoms with Gasteiger partial charge in [-0.1, -0.05) is 22.9 Å². The van der Waals surface area contributed by atoms with E-state index >= 15 is 0 Å². The molecule has 0 N–H and O–H groups in total. The van der Waals surface area contributed by atoms with Crippen molar-refractivity contribution in [2.24, 2.45) is 0 Å². The lowest BCUT2D eigenvalue weighted by Crippen LogP contribution is -1.85. The lowest BCUT2D eigenvalue weighted by molar-refractivity contribution is 1.11. The van der Waals surface area contributed by atoms with Crippen molar-refractivity contribution in [3.8, 4) is 0 Å². The van der Waals surface area contributed by atoms with Crippen molar-refractivity contribution >= 4 is 49.2 Å². The van der Waals surface area contributed by atoms with Gasteiger partial charge >= 0.3 is 0 Å². The van der Waals surface area contributed by atoms with Crippen LogP contribution in [-0.4, -0.2) is 21.1 Å². The highest BCUT2D eigenvalue weighted by atomic mass is 79.9. The van der Waals surface area contributed by atoms with Crippen LogP contribution in [0.1, 0.15) is 11.8 Å². The zero-order chi connectivity index (χ0) is 10.7. The Balaban J connectivity index is 2.40. The van der Waals surface area contributed by atoms with Crippen molar-refractivity contribution in [3.63, 3.8) is 0 Å². The zero-order valence-electron chi connectivity index (χ0n) is 8.36. The Morgan fingerprint density at radius 2 is 2.33 bits per heavy atom. The molecule has 80 valence electrons. The van der Waals surface area contributed by atoms with Crippen molar-refractivity contribution in [1.82, 2.24) is 9.97 Å². The summed E-state index contributed by atoms with van der Waals surface area (Å²) >= 11 is 6.98. The minimum atomic E-state index is 0.994. The van der Waals surface area contributed by atoms with Gasteiger partial charge in [-0.3, -0.25) is 0 Å². The molecule has 2 nitrogen and oxygen atoms in total. The molecule has 0 bridgehead atoms. The first-order chi connectivity index (χ1) is 7.35. The number of alkyl halides is 1. The summed E-state index contributed by atoms with van der Waals surface area (Å²) < 4.78 is 0. The van der Waals surface area contributed by atoms with Gasteiger partial charge < -0.3 is 0 Å². The van der Waals surface area contributed by atoms with Crippen molar-refractivity contribution in [3.05, 3.63) is 17.3 Å². The number of thioether (sulfide) groups is 1. The smallest absolute Gasteiger partial charge is 0.128 e. The van der Waals surface area contributed by atoms with E-state index in [1.54, 1.807) is 29.4 Å². The fraction of sp³-hybridized carbons (Fsp3) is 0.400. The normalized spacial score (nSPS) is 11.1. The van der Waals surface area contributed by atoms with Crippen molar-refractivity contribution in [1.29, 1.82) is 0 Å². The molecule has 0 radical (unpaired) electrons. The molecule has 2 heterocycles. The Kier molecular flexibility index (Phi) is 3.99. The van der Waals surface area contributed by atoms with Crippen LogP contribution in [0.5, 0.6) is 0 Å². The summed E-state index contributed by atoms with van der Waals surface area (Å²) in [7, 11) is 0. The summed E-state index contributed by atoms with van der Waals surface area (Å²) in [5.74, 6) is 1.05.